The maximum Gasteiger partial charge on any atom is 0.119 e. The summed E-state index contributed by atoms with van der Waals surface area (Å²) >= 11 is 5.42. The molecule has 2 aromatic carbocycles. The van der Waals surface area contributed by atoms with E-state index < -0.39 is 0 Å². The van der Waals surface area contributed by atoms with Crippen LogP contribution in [0.25, 0.3) is 0 Å². The molecule has 0 radical (unpaired) electrons. The lowest BCUT2D eigenvalue weighted by atomic mass is 9.99. The van der Waals surface area contributed by atoms with Crippen LogP contribution in [0.5, 0.6) is 5.75 Å². The van der Waals surface area contributed by atoms with Gasteiger partial charge in [0.15, 0.2) is 0 Å². The quantitative estimate of drug-likeness (QED) is 0.750. The Morgan fingerprint density at radius 1 is 1.24 bits per heavy atom. The lowest BCUT2D eigenvalue weighted by molar-refractivity contribution is 0.413. The molecule has 2 nitrogen and oxygen atoms in total. The Balaban J connectivity index is 2.31. The molecule has 0 aliphatic heterocycles. The molecule has 0 saturated carbocycles. The van der Waals surface area contributed by atoms with E-state index in [1.807, 2.05) is 19.2 Å². The molecule has 4 heteroatoms. The number of nitrogens with one attached hydrogen (secondary N) is 1. The summed E-state index contributed by atoms with van der Waals surface area (Å²) in [4.78, 5) is 1.32. The van der Waals surface area contributed by atoms with Crippen molar-refractivity contribution < 1.29 is 4.74 Å². The van der Waals surface area contributed by atoms with Crippen molar-refractivity contribution >= 4 is 27.7 Å². The molecule has 0 fully saturated rings. The summed E-state index contributed by atoms with van der Waals surface area (Å²) in [5.41, 5.74) is 2.58. The Morgan fingerprint density at radius 3 is 2.67 bits per heavy atom. The van der Waals surface area contributed by atoms with Crippen molar-refractivity contribution in [2.45, 2.75) is 17.4 Å². The minimum atomic E-state index is 0.275. The summed E-state index contributed by atoms with van der Waals surface area (Å²) in [7, 11) is 3.71. The van der Waals surface area contributed by atoms with Crippen molar-refractivity contribution in [3.05, 3.63) is 58.1 Å². The van der Waals surface area contributed by atoms with E-state index in [0.29, 0.717) is 0 Å². The number of methoxy groups -OCH3 is 1. The average molecular weight is 366 g/mol. The first-order valence-electron chi connectivity index (χ1n) is 6.82. The molecule has 0 aromatic heterocycles. The van der Waals surface area contributed by atoms with E-state index in [1.54, 1.807) is 18.9 Å². The van der Waals surface area contributed by atoms with E-state index in [0.717, 1.165) is 16.6 Å². The van der Waals surface area contributed by atoms with Crippen LogP contribution in [0.15, 0.2) is 51.8 Å². The van der Waals surface area contributed by atoms with Crippen molar-refractivity contribution in [1.82, 2.24) is 5.32 Å². The van der Waals surface area contributed by atoms with Crippen LogP contribution in [-0.4, -0.2) is 20.4 Å². The Hall–Kier alpha value is -0.970. The topological polar surface area (TPSA) is 21.3 Å². The largest absolute Gasteiger partial charge is 0.497 e. The first-order chi connectivity index (χ1) is 10.2. The lowest BCUT2D eigenvalue weighted by Crippen LogP contribution is -2.19. The highest BCUT2D eigenvalue weighted by molar-refractivity contribution is 9.10. The highest BCUT2D eigenvalue weighted by atomic mass is 79.9. The first kappa shape index (κ1) is 16.4. The zero-order valence-corrected chi connectivity index (χ0v) is 14.9. The van der Waals surface area contributed by atoms with Gasteiger partial charge < -0.3 is 10.1 Å². The molecule has 0 aliphatic carbocycles. The molecule has 0 amide bonds. The van der Waals surface area contributed by atoms with Crippen LogP contribution in [0, 0.1) is 0 Å². The normalized spacial score (nSPS) is 12.2. The average Bonchev–Trinajstić information content (AvgIpc) is 2.54. The number of thioether (sulfide) groups is 1. The standard InChI is InChI=1S/C17H20BrNOS/c1-19-16(14-6-4-5-7-17(14)21-3)11-12-10-13(20-2)8-9-15(12)18/h4-10,16,19H,11H2,1-3H3. The molecule has 2 rings (SSSR count). The highest BCUT2D eigenvalue weighted by Gasteiger charge is 2.15. The number of rotatable bonds is 6. The fourth-order valence-electron chi connectivity index (χ4n) is 2.38. The SMILES string of the molecule is CNC(Cc1cc(OC)ccc1Br)c1ccccc1SC. The third-order valence-corrected chi connectivity index (χ3v) is 5.12. The van der Waals surface area contributed by atoms with Crippen molar-refractivity contribution in [1.29, 1.82) is 0 Å². The van der Waals surface area contributed by atoms with Gasteiger partial charge in [0, 0.05) is 15.4 Å². The second-order valence-corrected chi connectivity index (χ2v) is 6.45. The number of halogens is 1. The van der Waals surface area contributed by atoms with Gasteiger partial charge in [0.1, 0.15) is 5.75 Å². The van der Waals surface area contributed by atoms with Gasteiger partial charge in [-0.2, -0.15) is 0 Å². The number of likely N-dealkylation sites (N-methyl/N-ethyl adjacent to an activating group) is 1. The number of hydrogen-bond donors (Lipinski definition) is 1. The minimum absolute atomic E-state index is 0.275. The molecular formula is C17H20BrNOS. The predicted octanol–water partition coefficient (Wildman–Crippen LogP) is 4.68. The van der Waals surface area contributed by atoms with Gasteiger partial charge in [-0.15, -0.1) is 11.8 Å². The third kappa shape index (κ3) is 4.02. The Morgan fingerprint density at radius 2 is 2.00 bits per heavy atom. The Bertz CT molecular complexity index is 603. The molecule has 21 heavy (non-hydrogen) atoms. The third-order valence-electron chi connectivity index (χ3n) is 3.54. The molecular weight excluding hydrogens is 346 g/mol. The van der Waals surface area contributed by atoms with E-state index >= 15 is 0 Å². The summed E-state index contributed by atoms with van der Waals surface area (Å²) in [5, 5.41) is 3.43. The van der Waals surface area contributed by atoms with Crippen LogP contribution in [0.4, 0.5) is 0 Å². The summed E-state index contributed by atoms with van der Waals surface area (Å²) in [5.74, 6) is 0.890. The van der Waals surface area contributed by atoms with E-state index in [-0.39, 0.29) is 6.04 Å². The molecule has 0 heterocycles. The van der Waals surface area contributed by atoms with Crippen LogP contribution in [-0.2, 0) is 6.42 Å². The number of ether oxygens (including phenoxy) is 1. The predicted molar refractivity (Wildman–Crippen MR) is 94.4 cm³/mol. The van der Waals surface area contributed by atoms with Gasteiger partial charge in [0.25, 0.3) is 0 Å². The van der Waals surface area contributed by atoms with E-state index in [2.05, 4.69) is 57.8 Å². The molecule has 1 atom stereocenters. The highest BCUT2D eigenvalue weighted by Crippen LogP contribution is 2.31. The second kappa shape index (κ2) is 7.87. The number of hydrogen-bond acceptors (Lipinski definition) is 3. The molecule has 0 aliphatic rings. The monoisotopic (exact) mass is 365 g/mol. The maximum atomic E-state index is 5.33. The summed E-state index contributed by atoms with van der Waals surface area (Å²) < 4.78 is 6.45. The summed E-state index contributed by atoms with van der Waals surface area (Å²) in [6, 6.07) is 14.9. The second-order valence-electron chi connectivity index (χ2n) is 4.74. The Labute approximate surface area is 139 Å². The van der Waals surface area contributed by atoms with Crippen LogP contribution < -0.4 is 10.1 Å². The molecule has 112 valence electrons. The molecule has 2 aromatic rings. The van der Waals surface area contributed by atoms with Gasteiger partial charge in [-0.1, -0.05) is 34.1 Å². The molecule has 0 spiro atoms. The van der Waals surface area contributed by atoms with Crippen LogP contribution in [0.1, 0.15) is 17.2 Å². The fourth-order valence-corrected chi connectivity index (χ4v) is 3.45. The van der Waals surface area contributed by atoms with Crippen molar-refractivity contribution in [2.75, 3.05) is 20.4 Å². The molecule has 1 unspecified atom stereocenters. The lowest BCUT2D eigenvalue weighted by Gasteiger charge is -2.20. The van der Waals surface area contributed by atoms with Gasteiger partial charge in [-0.3, -0.25) is 0 Å². The van der Waals surface area contributed by atoms with Crippen LogP contribution >= 0.6 is 27.7 Å². The van der Waals surface area contributed by atoms with Crippen molar-refractivity contribution in [2.24, 2.45) is 0 Å². The van der Waals surface area contributed by atoms with E-state index in [4.69, 9.17) is 4.74 Å². The maximum absolute atomic E-state index is 5.33. The molecule has 1 N–H and O–H groups in total. The minimum Gasteiger partial charge on any atom is -0.497 e. The fraction of sp³-hybridized carbons (Fsp3) is 0.294. The zero-order chi connectivity index (χ0) is 15.2. The van der Waals surface area contributed by atoms with Crippen molar-refractivity contribution in [3.63, 3.8) is 0 Å². The van der Waals surface area contributed by atoms with E-state index in [9.17, 15) is 0 Å². The van der Waals surface area contributed by atoms with Gasteiger partial charge in [0.05, 0.1) is 7.11 Å². The van der Waals surface area contributed by atoms with Gasteiger partial charge in [0.2, 0.25) is 0 Å². The van der Waals surface area contributed by atoms with Gasteiger partial charge in [-0.05, 0) is 55.1 Å². The summed E-state index contributed by atoms with van der Waals surface area (Å²) in [6.07, 6.45) is 3.03. The Kier molecular flexibility index (Phi) is 6.15. The van der Waals surface area contributed by atoms with Crippen molar-refractivity contribution in [3.8, 4) is 5.75 Å². The molecule has 0 bridgehead atoms. The van der Waals surface area contributed by atoms with Crippen LogP contribution in [0.2, 0.25) is 0 Å². The molecule has 0 saturated heterocycles. The van der Waals surface area contributed by atoms with E-state index in [1.165, 1.54) is 16.0 Å². The smallest absolute Gasteiger partial charge is 0.119 e. The van der Waals surface area contributed by atoms with Gasteiger partial charge >= 0.3 is 0 Å². The first-order valence-corrected chi connectivity index (χ1v) is 8.84. The van der Waals surface area contributed by atoms with Crippen LogP contribution in [0.3, 0.4) is 0 Å². The zero-order valence-electron chi connectivity index (χ0n) is 12.5. The number of benzene rings is 2. The van der Waals surface area contributed by atoms with Gasteiger partial charge in [-0.25, -0.2) is 0 Å². The summed E-state index contributed by atoms with van der Waals surface area (Å²) in [6.45, 7) is 0.